The molecular weight excluding hydrogens is 376 g/mol. The summed E-state index contributed by atoms with van der Waals surface area (Å²) in [6.07, 6.45) is 6.96. The second-order valence-electron chi connectivity index (χ2n) is 8.74. The predicted molar refractivity (Wildman–Crippen MR) is 108 cm³/mol. The highest BCUT2D eigenvalue weighted by Crippen LogP contribution is 2.42. The highest BCUT2D eigenvalue weighted by atomic mass is 35.5. The van der Waals surface area contributed by atoms with Gasteiger partial charge in [-0.2, -0.15) is 0 Å². The van der Waals surface area contributed by atoms with Gasteiger partial charge in [0, 0.05) is 37.1 Å². The molecule has 1 atom stereocenters. The number of piperidine rings is 2. The van der Waals surface area contributed by atoms with E-state index in [2.05, 4.69) is 4.90 Å². The molecule has 2 aliphatic heterocycles. The van der Waals surface area contributed by atoms with Crippen molar-refractivity contribution in [1.29, 1.82) is 0 Å². The van der Waals surface area contributed by atoms with Gasteiger partial charge in [-0.15, -0.1) is 0 Å². The van der Waals surface area contributed by atoms with Crippen LogP contribution in [0.25, 0.3) is 0 Å². The molecule has 0 bridgehead atoms. The number of amides is 2. The number of likely N-dealkylation sites (tertiary alicyclic amines) is 2. The Balaban J connectivity index is 1.37. The van der Waals surface area contributed by atoms with Crippen LogP contribution in [0.3, 0.4) is 0 Å². The Labute approximate surface area is 171 Å². The molecule has 1 spiro atoms. The molecule has 0 radical (unpaired) electrons. The van der Waals surface area contributed by atoms with Crippen molar-refractivity contribution in [2.45, 2.75) is 63.5 Å². The summed E-state index contributed by atoms with van der Waals surface area (Å²) >= 11 is 5.89. The highest BCUT2D eigenvalue weighted by molar-refractivity contribution is 6.30. The predicted octanol–water partition coefficient (Wildman–Crippen LogP) is 3.55. The van der Waals surface area contributed by atoms with Crippen LogP contribution >= 0.6 is 11.6 Å². The maximum atomic E-state index is 12.8. The van der Waals surface area contributed by atoms with Gasteiger partial charge in [0.05, 0.1) is 0 Å². The summed E-state index contributed by atoms with van der Waals surface area (Å²) in [5, 5.41) is 11.1. The van der Waals surface area contributed by atoms with E-state index in [1.54, 1.807) is 29.2 Å². The first-order valence-corrected chi connectivity index (χ1v) is 10.9. The number of rotatable bonds is 3. The summed E-state index contributed by atoms with van der Waals surface area (Å²) in [4.78, 5) is 29.2. The highest BCUT2D eigenvalue weighted by Gasteiger charge is 2.44. The second kappa shape index (κ2) is 8.03. The number of nitrogens with zero attached hydrogens (tertiary/aromatic N) is 2. The fourth-order valence-corrected chi connectivity index (χ4v) is 5.29. The molecule has 0 aromatic heterocycles. The fourth-order valence-electron chi connectivity index (χ4n) is 5.16. The Kier molecular flexibility index (Phi) is 5.66. The molecule has 1 saturated carbocycles. The lowest BCUT2D eigenvalue weighted by atomic mass is 9.72. The van der Waals surface area contributed by atoms with Gasteiger partial charge in [0.15, 0.2) is 6.10 Å². The largest absolute Gasteiger partial charge is 0.378 e. The van der Waals surface area contributed by atoms with Crippen molar-refractivity contribution in [2.24, 2.45) is 5.41 Å². The summed E-state index contributed by atoms with van der Waals surface area (Å²) in [5.41, 5.74) is 0.712. The molecule has 1 aromatic carbocycles. The number of aliphatic hydroxyl groups excluding tert-OH is 1. The van der Waals surface area contributed by atoms with Crippen LogP contribution in [0.4, 0.5) is 0 Å². The van der Waals surface area contributed by atoms with E-state index < -0.39 is 6.10 Å². The van der Waals surface area contributed by atoms with Gasteiger partial charge in [-0.05, 0) is 55.2 Å². The summed E-state index contributed by atoms with van der Waals surface area (Å²) in [7, 11) is 0. The second-order valence-corrected chi connectivity index (χ2v) is 9.18. The van der Waals surface area contributed by atoms with E-state index >= 15 is 0 Å². The normalized spacial score (nSPS) is 24.0. The van der Waals surface area contributed by atoms with Gasteiger partial charge in [0.25, 0.3) is 5.91 Å². The standard InChI is InChI=1S/C22H29ClN2O3/c23-17-7-5-16(6-8-17)20(27)21(28)24-13-11-22(12-14-24)10-9-19(26)25(15-22)18-3-1-2-4-18/h5-8,18,20,27H,1-4,9-15H2. The van der Waals surface area contributed by atoms with Crippen molar-refractivity contribution in [3.05, 3.63) is 34.9 Å². The molecule has 2 heterocycles. The van der Waals surface area contributed by atoms with Gasteiger partial charge in [0.2, 0.25) is 5.91 Å². The van der Waals surface area contributed by atoms with E-state index in [1.165, 1.54) is 12.8 Å². The number of carbonyl (C=O) groups is 2. The van der Waals surface area contributed by atoms with E-state index in [0.29, 0.717) is 42.0 Å². The summed E-state index contributed by atoms with van der Waals surface area (Å²) < 4.78 is 0. The van der Waals surface area contributed by atoms with E-state index in [1.807, 2.05) is 0 Å². The Morgan fingerprint density at radius 2 is 1.75 bits per heavy atom. The van der Waals surface area contributed by atoms with Gasteiger partial charge in [-0.25, -0.2) is 0 Å². The molecule has 4 rings (SSSR count). The average Bonchev–Trinajstić information content (AvgIpc) is 3.25. The van der Waals surface area contributed by atoms with Crippen LogP contribution in [0.15, 0.2) is 24.3 Å². The molecule has 1 N–H and O–H groups in total. The van der Waals surface area contributed by atoms with Crippen molar-refractivity contribution in [2.75, 3.05) is 19.6 Å². The molecule has 6 heteroatoms. The first-order valence-electron chi connectivity index (χ1n) is 10.5. The Morgan fingerprint density at radius 1 is 1.11 bits per heavy atom. The number of hydrogen-bond donors (Lipinski definition) is 1. The quantitative estimate of drug-likeness (QED) is 0.838. The van der Waals surface area contributed by atoms with Crippen LogP contribution in [0.5, 0.6) is 0 Å². The molecule has 5 nitrogen and oxygen atoms in total. The number of aliphatic hydroxyl groups is 1. The van der Waals surface area contributed by atoms with Crippen molar-refractivity contribution < 1.29 is 14.7 Å². The Morgan fingerprint density at radius 3 is 2.39 bits per heavy atom. The third-order valence-electron chi connectivity index (χ3n) is 7.02. The van der Waals surface area contributed by atoms with E-state index in [0.717, 1.165) is 38.6 Å². The topological polar surface area (TPSA) is 60.9 Å². The van der Waals surface area contributed by atoms with Gasteiger partial charge >= 0.3 is 0 Å². The zero-order valence-corrected chi connectivity index (χ0v) is 17.0. The van der Waals surface area contributed by atoms with Crippen molar-refractivity contribution in [1.82, 2.24) is 9.80 Å². The summed E-state index contributed by atoms with van der Waals surface area (Å²) in [5.74, 6) is 0.0749. The van der Waals surface area contributed by atoms with E-state index in [-0.39, 0.29) is 11.3 Å². The van der Waals surface area contributed by atoms with E-state index in [4.69, 9.17) is 11.6 Å². The van der Waals surface area contributed by atoms with Crippen LogP contribution in [-0.2, 0) is 9.59 Å². The monoisotopic (exact) mass is 404 g/mol. The van der Waals surface area contributed by atoms with Crippen LogP contribution in [-0.4, -0.2) is 52.4 Å². The third-order valence-corrected chi connectivity index (χ3v) is 7.27. The first kappa shape index (κ1) is 19.7. The van der Waals surface area contributed by atoms with Crippen molar-refractivity contribution in [3.8, 4) is 0 Å². The molecule has 1 unspecified atom stereocenters. The fraction of sp³-hybridized carbons (Fsp3) is 0.636. The maximum absolute atomic E-state index is 12.8. The molecule has 2 saturated heterocycles. The lowest BCUT2D eigenvalue weighted by Gasteiger charge is -2.49. The van der Waals surface area contributed by atoms with Gasteiger partial charge < -0.3 is 14.9 Å². The van der Waals surface area contributed by atoms with Crippen molar-refractivity contribution in [3.63, 3.8) is 0 Å². The molecular formula is C22H29ClN2O3. The number of halogens is 1. The minimum atomic E-state index is -1.14. The average molecular weight is 405 g/mol. The number of carbonyl (C=O) groups excluding carboxylic acids is 2. The van der Waals surface area contributed by atoms with Gasteiger partial charge in [-0.1, -0.05) is 36.6 Å². The van der Waals surface area contributed by atoms with Crippen LogP contribution in [0.1, 0.15) is 63.0 Å². The summed E-state index contributed by atoms with van der Waals surface area (Å²) in [6, 6.07) is 7.20. The van der Waals surface area contributed by atoms with Gasteiger partial charge in [-0.3, -0.25) is 9.59 Å². The zero-order valence-electron chi connectivity index (χ0n) is 16.3. The maximum Gasteiger partial charge on any atom is 0.256 e. The number of hydrogen-bond acceptors (Lipinski definition) is 3. The molecule has 152 valence electrons. The molecule has 1 aromatic rings. The molecule has 28 heavy (non-hydrogen) atoms. The smallest absolute Gasteiger partial charge is 0.256 e. The van der Waals surface area contributed by atoms with Gasteiger partial charge in [0.1, 0.15) is 0 Å². The molecule has 3 fully saturated rings. The lowest BCUT2D eigenvalue weighted by Crippen LogP contribution is -2.54. The minimum absolute atomic E-state index is 0.137. The summed E-state index contributed by atoms with van der Waals surface area (Å²) in [6.45, 7) is 2.14. The molecule has 1 aliphatic carbocycles. The zero-order chi connectivity index (χ0) is 19.7. The Hall–Kier alpha value is -1.59. The molecule has 2 amide bonds. The SMILES string of the molecule is O=C(C(O)c1ccc(Cl)cc1)N1CCC2(CCC(=O)N(C3CCCC3)C2)CC1. The third kappa shape index (κ3) is 3.92. The van der Waals surface area contributed by atoms with Crippen LogP contribution in [0.2, 0.25) is 5.02 Å². The lowest BCUT2D eigenvalue weighted by molar-refractivity contribution is -0.148. The first-order chi connectivity index (χ1) is 13.5. The van der Waals surface area contributed by atoms with Crippen molar-refractivity contribution >= 4 is 23.4 Å². The minimum Gasteiger partial charge on any atom is -0.378 e. The van der Waals surface area contributed by atoms with E-state index in [9.17, 15) is 14.7 Å². The van der Waals surface area contributed by atoms with Crippen LogP contribution in [0, 0.1) is 5.41 Å². The van der Waals surface area contributed by atoms with Crippen LogP contribution < -0.4 is 0 Å². The Bertz CT molecular complexity index is 722. The molecule has 3 aliphatic rings. The number of benzene rings is 1.